The summed E-state index contributed by atoms with van der Waals surface area (Å²) < 4.78 is 0. The average Bonchev–Trinajstić information content (AvgIpc) is 2.80. The Bertz CT molecular complexity index is 373. The third-order valence-electron chi connectivity index (χ3n) is 6.57. The number of rotatable bonds is 24. The summed E-state index contributed by atoms with van der Waals surface area (Å²) in [6.07, 6.45) is 24.7. The fraction of sp³-hybridized carbons (Fsp3) is 0.966. The number of carboxylic acids is 1. The summed E-state index contributed by atoms with van der Waals surface area (Å²) in [4.78, 5) is 12.8. The van der Waals surface area contributed by atoms with Gasteiger partial charge in [0.05, 0.1) is 6.17 Å². The first-order valence-corrected chi connectivity index (χ1v) is 14.7. The van der Waals surface area contributed by atoms with Gasteiger partial charge in [-0.3, -0.25) is 9.69 Å². The van der Waals surface area contributed by atoms with Crippen LogP contribution in [0.15, 0.2) is 0 Å². The molecule has 0 amide bonds. The van der Waals surface area contributed by atoms with Gasteiger partial charge in [0.1, 0.15) is 0 Å². The molecule has 0 saturated heterocycles. The van der Waals surface area contributed by atoms with E-state index in [1.165, 1.54) is 103 Å². The van der Waals surface area contributed by atoms with E-state index in [1.807, 2.05) is 0 Å². The lowest BCUT2D eigenvalue weighted by atomic mass is 10.0. The predicted octanol–water partition coefficient (Wildman–Crippen LogP) is 8.79. The molecule has 0 rings (SSSR count). The van der Waals surface area contributed by atoms with E-state index in [4.69, 9.17) is 5.11 Å². The fourth-order valence-electron chi connectivity index (χ4n) is 4.23. The maximum atomic E-state index is 10.3. The largest absolute Gasteiger partial charge is 0.481 e. The van der Waals surface area contributed by atoms with Gasteiger partial charge in [-0.05, 0) is 39.4 Å². The predicted molar refractivity (Wildman–Crippen MR) is 147 cm³/mol. The van der Waals surface area contributed by atoms with Gasteiger partial charge < -0.3 is 10.4 Å². The molecule has 200 valence electrons. The van der Waals surface area contributed by atoms with Gasteiger partial charge in [-0.15, -0.1) is 0 Å². The number of carbonyl (C=O) groups is 1. The minimum atomic E-state index is -0.653. The molecule has 0 bridgehead atoms. The lowest BCUT2D eigenvalue weighted by Gasteiger charge is -2.27. The Morgan fingerprint density at radius 3 is 1.36 bits per heavy atom. The molecule has 4 nitrogen and oxygen atoms in total. The van der Waals surface area contributed by atoms with Crippen LogP contribution < -0.4 is 5.32 Å². The summed E-state index contributed by atoms with van der Waals surface area (Å²) in [6, 6.07) is 0. The molecule has 33 heavy (non-hydrogen) atoms. The van der Waals surface area contributed by atoms with Crippen LogP contribution in [0.4, 0.5) is 0 Å². The number of nitrogens with one attached hydrogen (secondary N) is 1. The average molecular weight is 471 g/mol. The maximum absolute atomic E-state index is 10.3. The van der Waals surface area contributed by atoms with Crippen molar-refractivity contribution in [3.63, 3.8) is 0 Å². The molecular weight excluding hydrogens is 408 g/mol. The molecule has 0 aliphatic heterocycles. The van der Waals surface area contributed by atoms with Gasteiger partial charge in [-0.1, -0.05) is 130 Å². The van der Waals surface area contributed by atoms with Gasteiger partial charge in [0, 0.05) is 6.42 Å². The van der Waals surface area contributed by atoms with Gasteiger partial charge in [0.2, 0.25) is 0 Å². The number of hydrogen-bond donors (Lipinski definition) is 2. The van der Waals surface area contributed by atoms with Crippen LogP contribution >= 0.6 is 0 Å². The quantitative estimate of drug-likeness (QED) is 0.109. The third kappa shape index (κ3) is 29.4. The Kier molecular flexibility index (Phi) is 30.8. The number of aliphatic carboxylic acids is 1. The highest BCUT2D eigenvalue weighted by Crippen LogP contribution is 2.13. The second kappa shape index (κ2) is 29.4. The summed E-state index contributed by atoms with van der Waals surface area (Å²) in [6.45, 7) is 14.6. The Hall–Kier alpha value is -0.610. The Morgan fingerprint density at radius 2 is 1.00 bits per heavy atom. The molecule has 0 radical (unpaired) electrons. The molecule has 0 aliphatic carbocycles. The summed E-state index contributed by atoms with van der Waals surface area (Å²) in [5.74, 6) is -0.653. The zero-order valence-corrected chi connectivity index (χ0v) is 23.4. The minimum Gasteiger partial charge on any atom is -0.481 e. The number of nitrogens with zero attached hydrogens (tertiary/aromatic N) is 1. The first-order chi connectivity index (χ1) is 16.0. The molecule has 2 N–H and O–H groups in total. The molecule has 0 spiro atoms. The number of hydrogen-bond acceptors (Lipinski definition) is 3. The molecule has 0 aromatic heterocycles. The molecule has 4 heteroatoms. The van der Waals surface area contributed by atoms with Gasteiger partial charge >= 0.3 is 5.97 Å². The van der Waals surface area contributed by atoms with Gasteiger partial charge in [-0.2, -0.15) is 0 Å². The number of carboxylic acid groups (broad SMARTS) is 1. The Balaban J connectivity index is 0. The molecule has 0 heterocycles. The summed E-state index contributed by atoms with van der Waals surface area (Å²) in [5.41, 5.74) is 0. The molecule has 0 aliphatic rings. The van der Waals surface area contributed by atoms with Crippen molar-refractivity contribution >= 4 is 5.97 Å². The lowest BCUT2D eigenvalue weighted by molar-refractivity contribution is -0.137. The van der Waals surface area contributed by atoms with Crippen LogP contribution in [0, 0.1) is 0 Å². The van der Waals surface area contributed by atoms with Crippen molar-refractivity contribution in [3.05, 3.63) is 0 Å². The standard InChI is InChI=1S/C18H36O2.C11H26N2/c1-2-3-4-5-6-7-8-9-10-11-12-13-14-15-16-17-18(19)20;1-5-8-9-10-12-11(4)13(6-2)7-3/h2-17H2,1H3,(H,19,20);11-12H,5-10H2,1-4H3. The second-order valence-electron chi connectivity index (χ2n) is 9.65. The van der Waals surface area contributed by atoms with Crippen molar-refractivity contribution in [3.8, 4) is 0 Å². The molecule has 0 saturated carbocycles. The van der Waals surface area contributed by atoms with E-state index in [0.29, 0.717) is 12.6 Å². The van der Waals surface area contributed by atoms with E-state index in [1.54, 1.807) is 0 Å². The van der Waals surface area contributed by atoms with Crippen LogP contribution in [0.25, 0.3) is 0 Å². The first kappa shape index (κ1) is 34.6. The zero-order valence-electron chi connectivity index (χ0n) is 23.4. The van der Waals surface area contributed by atoms with Crippen LogP contribution in [0.3, 0.4) is 0 Å². The SMILES string of the molecule is CCCCCCCCCCCCCCCCCC(=O)O.CCCCCNC(C)N(CC)CC. The molecule has 1 atom stereocenters. The van der Waals surface area contributed by atoms with E-state index in [9.17, 15) is 4.79 Å². The van der Waals surface area contributed by atoms with Crippen LogP contribution in [-0.4, -0.2) is 41.8 Å². The summed E-state index contributed by atoms with van der Waals surface area (Å²) in [7, 11) is 0. The molecule has 0 aromatic carbocycles. The highest BCUT2D eigenvalue weighted by atomic mass is 16.4. The first-order valence-electron chi connectivity index (χ1n) is 14.7. The molecule has 1 unspecified atom stereocenters. The van der Waals surface area contributed by atoms with Crippen molar-refractivity contribution in [1.29, 1.82) is 0 Å². The molecule has 0 aromatic rings. The van der Waals surface area contributed by atoms with Gasteiger partial charge in [0.25, 0.3) is 0 Å². The zero-order chi connectivity index (χ0) is 25.0. The normalized spacial score (nSPS) is 11.9. The third-order valence-corrected chi connectivity index (χ3v) is 6.57. The van der Waals surface area contributed by atoms with Crippen molar-refractivity contribution in [2.45, 2.75) is 163 Å². The van der Waals surface area contributed by atoms with Gasteiger partial charge in [0.15, 0.2) is 0 Å². The Labute approximate surface area is 208 Å². The van der Waals surface area contributed by atoms with Crippen LogP contribution in [0.5, 0.6) is 0 Å². The van der Waals surface area contributed by atoms with Crippen molar-refractivity contribution in [2.24, 2.45) is 0 Å². The highest BCUT2D eigenvalue weighted by molar-refractivity contribution is 5.66. The minimum absolute atomic E-state index is 0.345. The van der Waals surface area contributed by atoms with Crippen LogP contribution in [0.2, 0.25) is 0 Å². The van der Waals surface area contributed by atoms with E-state index in [2.05, 4.69) is 44.8 Å². The highest BCUT2D eigenvalue weighted by Gasteiger charge is 2.07. The molecule has 0 fully saturated rings. The maximum Gasteiger partial charge on any atom is 0.303 e. The van der Waals surface area contributed by atoms with Crippen molar-refractivity contribution in [2.75, 3.05) is 19.6 Å². The van der Waals surface area contributed by atoms with Crippen LogP contribution in [0.1, 0.15) is 157 Å². The summed E-state index contributed by atoms with van der Waals surface area (Å²) in [5, 5.41) is 12.1. The van der Waals surface area contributed by atoms with E-state index in [0.717, 1.165) is 32.5 Å². The van der Waals surface area contributed by atoms with E-state index in [-0.39, 0.29) is 0 Å². The number of unbranched alkanes of at least 4 members (excludes halogenated alkanes) is 16. The van der Waals surface area contributed by atoms with Crippen molar-refractivity contribution < 1.29 is 9.90 Å². The topological polar surface area (TPSA) is 52.6 Å². The smallest absolute Gasteiger partial charge is 0.303 e. The lowest BCUT2D eigenvalue weighted by Crippen LogP contribution is -2.43. The molecular formula is C29H62N2O2. The van der Waals surface area contributed by atoms with E-state index >= 15 is 0 Å². The summed E-state index contributed by atoms with van der Waals surface area (Å²) >= 11 is 0. The van der Waals surface area contributed by atoms with Gasteiger partial charge in [-0.25, -0.2) is 0 Å². The monoisotopic (exact) mass is 470 g/mol. The van der Waals surface area contributed by atoms with Crippen LogP contribution in [-0.2, 0) is 4.79 Å². The fourth-order valence-corrected chi connectivity index (χ4v) is 4.23. The Morgan fingerprint density at radius 1 is 0.636 bits per heavy atom. The second-order valence-corrected chi connectivity index (χ2v) is 9.65. The van der Waals surface area contributed by atoms with Crippen molar-refractivity contribution in [1.82, 2.24) is 10.2 Å². The van der Waals surface area contributed by atoms with E-state index < -0.39 is 5.97 Å².